The first-order valence-corrected chi connectivity index (χ1v) is 5.80. The molecule has 0 fully saturated rings. The van der Waals surface area contributed by atoms with Crippen molar-refractivity contribution in [1.82, 2.24) is 0 Å². The minimum Gasteiger partial charge on any atom is -0.490 e. The summed E-state index contributed by atoms with van der Waals surface area (Å²) in [7, 11) is 1.69. The maximum absolute atomic E-state index is 11.2. The Kier molecular flexibility index (Phi) is 3.33. The molecule has 0 saturated heterocycles. The van der Waals surface area contributed by atoms with Gasteiger partial charge in [-0.25, -0.2) is 0 Å². The lowest BCUT2D eigenvalue weighted by molar-refractivity contribution is 0.267. The quantitative estimate of drug-likeness (QED) is 0.588. The molecule has 1 aliphatic rings. The molecule has 1 heterocycles. The minimum atomic E-state index is -0.193. The Morgan fingerprint density at radius 1 is 1.31 bits per heavy atom. The van der Waals surface area contributed by atoms with Crippen LogP contribution in [0.5, 0.6) is 11.5 Å². The third kappa shape index (κ3) is 2.29. The smallest absolute Gasteiger partial charge is 0.293 e. The highest BCUT2D eigenvalue weighted by atomic mass is 79.9. The van der Waals surface area contributed by atoms with Gasteiger partial charge in [-0.05, 0) is 12.1 Å². The van der Waals surface area contributed by atoms with E-state index in [-0.39, 0.29) is 4.82 Å². The van der Waals surface area contributed by atoms with Crippen LogP contribution in [-0.4, -0.2) is 25.1 Å². The fourth-order valence-corrected chi connectivity index (χ4v) is 1.67. The molecule has 2 rings (SSSR count). The second kappa shape index (κ2) is 4.74. The Balaban J connectivity index is 2.30. The van der Waals surface area contributed by atoms with E-state index >= 15 is 0 Å². The van der Waals surface area contributed by atoms with Crippen LogP contribution in [0.3, 0.4) is 0 Å². The second-order valence-electron chi connectivity index (χ2n) is 3.49. The lowest BCUT2D eigenvalue weighted by Crippen LogP contribution is -2.18. The van der Waals surface area contributed by atoms with E-state index in [0.29, 0.717) is 19.0 Å². The maximum atomic E-state index is 11.2. The molecule has 0 N–H and O–H groups in total. The molecule has 1 aliphatic heterocycles. The fourth-order valence-electron chi connectivity index (χ4n) is 1.46. The Morgan fingerprint density at radius 3 is 2.69 bits per heavy atom. The standard InChI is InChI=1S/C11H12BrNO3/c1-13(11(12)14)8-3-4-9-10(7-8)16-6-2-5-15-9/h3-4,7H,2,5-6H2,1H3. The summed E-state index contributed by atoms with van der Waals surface area (Å²) in [6.45, 7) is 1.31. The lowest BCUT2D eigenvalue weighted by atomic mass is 10.2. The molecule has 0 atom stereocenters. The van der Waals surface area contributed by atoms with Crippen LogP contribution in [0.1, 0.15) is 6.42 Å². The van der Waals surface area contributed by atoms with Crippen molar-refractivity contribution < 1.29 is 14.3 Å². The lowest BCUT2D eigenvalue weighted by Gasteiger charge is -2.16. The molecule has 5 heteroatoms. The van der Waals surface area contributed by atoms with Crippen LogP contribution < -0.4 is 14.4 Å². The summed E-state index contributed by atoms with van der Waals surface area (Å²) in [6.07, 6.45) is 0.872. The van der Waals surface area contributed by atoms with E-state index in [1.54, 1.807) is 13.1 Å². The predicted octanol–water partition coefficient (Wildman–Crippen LogP) is 2.80. The number of benzene rings is 1. The molecule has 0 spiro atoms. The summed E-state index contributed by atoms with van der Waals surface area (Å²) in [4.78, 5) is 12.5. The molecular formula is C11H12BrNO3. The number of amides is 1. The molecule has 86 valence electrons. The number of anilines is 1. The highest BCUT2D eigenvalue weighted by Crippen LogP contribution is 2.33. The van der Waals surface area contributed by atoms with Crippen molar-refractivity contribution >= 4 is 26.4 Å². The van der Waals surface area contributed by atoms with E-state index in [2.05, 4.69) is 15.9 Å². The van der Waals surface area contributed by atoms with E-state index in [1.807, 2.05) is 12.1 Å². The van der Waals surface area contributed by atoms with Crippen molar-refractivity contribution in [2.24, 2.45) is 0 Å². The molecule has 16 heavy (non-hydrogen) atoms. The van der Waals surface area contributed by atoms with Gasteiger partial charge in [0.1, 0.15) is 0 Å². The third-order valence-corrected chi connectivity index (χ3v) is 2.91. The Morgan fingerprint density at radius 2 is 2.00 bits per heavy atom. The molecule has 0 saturated carbocycles. The average Bonchev–Trinajstić information content (AvgIpc) is 2.51. The van der Waals surface area contributed by atoms with Gasteiger partial charge in [-0.15, -0.1) is 0 Å². The monoisotopic (exact) mass is 285 g/mol. The predicted molar refractivity (Wildman–Crippen MR) is 64.8 cm³/mol. The zero-order valence-corrected chi connectivity index (χ0v) is 10.5. The third-order valence-electron chi connectivity index (χ3n) is 2.38. The average molecular weight is 286 g/mol. The van der Waals surface area contributed by atoms with E-state index in [9.17, 15) is 4.79 Å². The molecule has 0 bridgehead atoms. The number of halogens is 1. The number of hydrogen-bond acceptors (Lipinski definition) is 3. The van der Waals surface area contributed by atoms with E-state index in [1.165, 1.54) is 4.90 Å². The zero-order valence-electron chi connectivity index (χ0n) is 8.90. The number of ether oxygens (including phenoxy) is 2. The first-order valence-electron chi connectivity index (χ1n) is 5.01. The number of fused-ring (bicyclic) bond motifs is 1. The van der Waals surface area contributed by atoms with Crippen molar-refractivity contribution in [3.63, 3.8) is 0 Å². The topological polar surface area (TPSA) is 38.8 Å². The van der Waals surface area contributed by atoms with Crippen LogP contribution in [0.25, 0.3) is 0 Å². The number of hydrogen-bond donors (Lipinski definition) is 0. The SMILES string of the molecule is CN(C(=O)Br)c1ccc2c(c1)OCCCO2. The van der Waals surface area contributed by atoms with Gasteiger partial charge in [-0.3, -0.25) is 4.79 Å². The van der Waals surface area contributed by atoms with Crippen molar-refractivity contribution in [1.29, 1.82) is 0 Å². The molecule has 1 aromatic rings. The Labute approximate surface area is 102 Å². The van der Waals surface area contributed by atoms with Gasteiger partial charge in [0.25, 0.3) is 4.82 Å². The zero-order chi connectivity index (χ0) is 11.5. The second-order valence-corrected chi connectivity index (χ2v) is 4.17. The van der Waals surface area contributed by atoms with Crippen molar-refractivity contribution in [3.8, 4) is 11.5 Å². The minimum absolute atomic E-state index is 0.193. The van der Waals surface area contributed by atoms with Crippen molar-refractivity contribution in [2.75, 3.05) is 25.2 Å². The molecule has 1 aromatic carbocycles. The van der Waals surface area contributed by atoms with Crippen LogP contribution in [0.2, 0.25) is 0 Å². The molecule has 0 radical (unpaired) electrons. The molecule has 4 nitrogen and oxygen atoms in total. The number of rotatable bonds is 1. The molecular weight excluding hydrogens is 274 g/mol. The normalized spacial score (nSPS) is 14.1. The summed E-state index contributed by atoms with van der Waals surface area (Å²) in [5.41, 5.74) is 0.770. The van der Waals surface area contributed by atoms with E-state index in [0.717, 1.165) is 17.9 Å². The molecule has 0 aliphatic carbocycles. The summed E-state index contributed by atoms with van der Waals surface area (Å²) in [5.74, 6) is 1.42. The van der Waals surface area contributed by atoms with Gasteiger partial charge in [0.2, 0.25) is 0 Å². The van der Waals surface area contributed by atoms with Gasteiger partial charge in [-0.1, -0.05) is 0 Å². The summed E-state index contributed by atoms with van der Waals surface area (Å²) < 4.78 is 11.0. The van der Waals surface area contributed by atoms with Gasteiger partial charge in [0, 0.05) is 41.2 Å². The van der Waals surface area contributed by atoms with Crippen LogP contribution in [0, 0.1) is 0 Å². The van der Waals surface area contributed by atoms with Gasteiger partial charge >= 0.3 is 0 Å². The van der Waals surface area contributed by atoms with Gasteiger partial charge in [-0.2, -0.15) is 0 Å². The highest BCUT2D eigenvalue weighted by molar-refractivity contribution is 9.18. The Bertz CT molecular complexity index is 408. The Hall–Kier alpha value is -1.23. The summed E-state index contributed by atoms with van der Waals surface area (Å²) in [5, 5.41) is 0. The highest BCUT2D eigenvalue weighted by Gasteiger charge is 2.14. The van der Waals surface area contributed by atoms with Crippen molar-refractivity contribution in [2.45, 2.75) is 6.42 Å². The molecule has 0 unspecified atom stereocenters. The van der Waals surface area contributed by atoms with Crippen LogP contribution in [0.4, 0.5) is 10.5 Å². The molecule has 0 aromatic heterocycles. The van der Waals surface area contributed by atoms with Crippen LogP contribution in [0.15, 0.2) is 18.2 Å². The molecule has 1 amide bonds. The fraction of sp³-hybridized carbons (Fsp3) is 0.364. The van der Waals surface area contributed by atoms with E-state index < -0.39 is 0 Å². The largest absolute Gasteiger partial charge is 0.490 e. The van der Waals surface area contributed by atoms with Crippen molar-refractivity contribution in [3.05, 3.63) is 18.2 Å². The van der Waals surface area contributed by atoms with Gasteiger partial charge < -0.3 is 14.4 Å². The number of nitrogens with zero attached hydrogens (tertiary/aromatic N) is 1. The first kappa shape index (κ1) is 11.3. The summed E-state index contributed by atoms with van der Waals surface area (Å²) >= 11 is 2.90. The maximum Gasteiger partial charge on any atom is 0.293 e. The van der Waals surface area contributed by atoms with E-state index in [4.69, 9.17) is 9.47 Å². The number of carbonyl (C=O) groups excluding carboxylic acids is 1. The van der Waals surface area contributed by atoms with Gasteiger partial charge in [0.15, 0.2) is 11.5 Å². The van der Waals surface area contributed by atoms with Crippen LogP contribution in [-0.2, 0) is 0 Å². The first-order chi connectivity index (χ1) is 7.68. The number of carbonyl (C=O) groups is 1. The van der Waals surface area contributed by atoms with Gasteiger partial charge in [0.05, 0.1) is 13.2 Å². The van der Waals surface area contributed by atoms with Crippen LogP contribution >= 0.6 is 15.9 Å². The summed E-state index contributed by atoms with van der Waals surface area (Å²) in [6, 6.07) is 5.45.